The van der Waals surface area contributed by atoms with E-state index >= 15 is 0 Å². The van der Waals surface area contributed by atoms with Gasteiger partial charge in [-0.2, -0.15) is 0 Å². The summed E-state index contributed by atoms with van der Waals surface area (Å²) in [4.78, 5) is 42.1. The fourth-order valence-corrected chi connectivity index (χ4v) is 3.50. The van der Waals surface area contributed by atoms with E-state index in [2.05, 4.69) is 4.98 Å². The lowest BCUT2D eigenvalue weighted by molar-refractivity contribution is 0.0912. The maximum absolute atomic E-state index is 12.9. The van der Waals surface area contributed by atoms with Gasteiger partial charge in [-0.1, -0.05) is 13.8 Å². The normalized spacial score (nSPS) is 16.4. The van der Waals surface area contributed by atoms with Gasteiger partial charge in [0.2, 0.25) is 0 Å². The molecule has 24 heavy (non-hydrogen) atoms. The average molecular weight is 331 g/mol. The Morgan fingerprint density at radius 2 is 1.92 bits per heavy atom. The predicted octanol–water partition coefficient (Wildman–Crippen LogP) is 0.725. The van der Waals surface area contributed by atoms with Crippen LogP contribution in [0.3, 0.4) is 0 Å². The molecule has 0 amide bonds. The van der Waals surface area contributed by atoms with Gasteiger partial charge in [-0.05, 0) is 24.3 Å². The Balaban J connectivity index is 2.49. The van der Waals surface area contributed by atoms with E-state index in [9.17, 15) is 19.5 Å². The topological polar surface area (TPSA) is 94.2 Å². The lowest BCUT2D eigenvalue weighted by Crippen LogP contribution is -2.42. The fraction of sp³-hybridized carbons (Fsp3) is 0.529. The molecule has 0 atom stereocenters. The van der Waals surface area contributed by atoms with Gasteiger partial charge in [0.25, 0.3) is 5.56 Å². The number of carbonyl (C=O) groups is 1. The molecular weight excluding hydrogens is 310 g/mol. The molecule has 1 N–H and O–H groups in total. The number of rotatable bonds is 3. The first-order chi connectivity index (χ1) is 11.3. The molecule has 2 heterocycles. The first-order valence-corrected chi connectivity index (χ1v) is 8.10. The summed E-state index contributed by atoms with van der Waals surface area (Å²) in [5, 5.41) is 9.51. The molecular formula is C17H21N3O4. The Bertz CT molecular complexity index is 953. The van der Waals surface area contributed by atoms with E-state index in [1.807, 2.05) is 13.8 Å². The molecule has 0 aromatic carbocycles. The van der Waals surface area contributed by atoms with Gasteiger partial charge in [-0.3, -0.25) is 18.7 Å². The molecule has 7 nitrogen and oxygen atoms in total. The number of aromatic nitrogens is 3. The zero-order valence-corrected chi connectivity index (χ0v) is 14.1. The molecule has 0 unspecified atom stereocenters. The summed E-state index contributed by atoms with van der Waals surface area (Å²) < 4.78 is 2.44. The highest BCUT2D eigenvalue weighted by molar-refractivity contribution is 6.02. The van der Waals surface area contributed by atoms with Crippen molar-refractivity contribution in [1.82, 2.24) is 14.1 Å². The van der Waals surface area contributed by atoms with Crippen molar-refractivity contribution in [2.75, 3.05) is 6.61 Å². The van der Waals surface area contributed by atoms with Crippen LogP contribution in [0.2, 0.25) is 0 Å². The number of aliphatic hydroxyl groups excluding tert-OH is 1. The van der Waals surface area contributed by atoms with Crippen LogP contribution in [0, 0.1) is 5.41 Å². The van der Waals surface area contributed by atoms with Crippen molar-refractivity contribution < 1.29 is 9.90 Å². The van der Waals surface area contributed by atoms with Crippen molar-refractivity contribution in [2.24, 2.45) is 5.41 Å². The Kier molecular flexibility index (Phi) is 3.91. The van der Waals surface area contributed by atoms with Crippen molar-refractivity contribution in [3.05, 3.63) is 38.2 Å². The highest BCUT2D eigenvalue weighted by Crippen LogP contribution is 2.36. The summed E-state index contributed by atoms with van der Waals surface area (Å²) in [6, 6.07) is 0. The smallest absolute Gasteiger partial charge is 0.332 e. The summed E-state index contributed by atoms with van der Waals surface area (Å²) in [5.41, 5.74) is 0.225. The van der Waals surface area contributed by atoms with E-state index < -0.39 is 11.2 Å². The Labute approximate surface area is 138 Å². The molecule has 0 spiro atoms. The number of hydrogen-bond acceptors (Lipinski definition) is 5. The Hall–Kier alpha value is -2.28. The third kappa shape index (κ3) is 2.39. The molecule has 7 heteroatoms. The number of aliphatic hydroxyl groups is 1. The van der Waals surface area contributed by atoms with Crippen LogP contribution in [-0.2, 0) is 19.5 Å². The number of aryl methyl sites for hydroxylation is 1. The van der Waals surface area contributed by atoms with Crippen LogP contribution in [0.25, 0.3) is 11.0 Å². The quantitative estimate of drug-likeness (QED) is 0.894. The molecule has 1 aliphatic rings. The van der Waals surface area contributed by atoms with E-state index in [0.717, 1.165) is 4.57 Å². The van der Waals surface area contributed by atoms with Crippen molar-refractivity contribution >= 4 is 16.8 Å². The second-order valence-corrected chi connectivity index (χ2v) is 7.00. The van der Waals surface area contributed by atoms with Crippen LogP contribution in [0.5, 0.6) is 0 Å². The highest BCUT2D eigenvalue weighted by atomic mass is 16.3. The Morgan fingerprint density at radius 1 is 1.21 bits per heavy atom. The lowest BCUT2D eigenvalue weighted by atomic mass is 9.73. The van der Waals surface area contributed by atoms with Gasteiger partial charge in [0.05, 0.1) is 18.5 Å². The highest BCUT2D eigenvalue weighted by Gasteiger charge is 2.34. The molecule has 2 aromatic rings. The molecule has 0 radical (unpaired) electrons. The van der Waals surface area contributed by atoms with E-state index in [1.165, 1.54) is 10.8 Å². The SMILES string of the molecule is CCn1c(=O)n(CCO)c(=O)c2c3c(cnc21)C(=O)CC(C)(C)C3. The van der Waals surface area contributed by atoms with E-state index in [4.69, 9.17) is 0 Å². The monoisotopic (exact) mass is 331 g/mol. The van der Waals surface area contributed by atoms with Crippen molar-refractivity contribution in [2.45, 2.75) is 46.7 Å². The summed E-state index contributed by atoms with van der Waals surface area (Å²) in [5.74, 6) is -0.0296. The molecule has 0 fully saturated rings. The summed E-state index contributed by atoms with van der Waals surface area (Å²) in [6.45, 7) is 5.74. The van der Waals surface area contributed by atoms with Crippen LogP contribution < -0.4 is 11.2 Å². The van der Waals surface area contributed by atoms with E-state index in [0.29, 0.717) is 41.5 Å². The maximum Gasteiger partial charge on any atom is 0.332 e. The number of Topliss-reactive ketones (excluding diaryl/α,β-unsaturated/α-hetero) is 1. The first-order valence-electron chi connectivity index (χ1n) is 8.10. The van der Waals surface area contributed by atoms with Crippen molar-refractivity contribution in [3.63, 3.8) is 0 Å². The van der Waals surface area contributed by atoms with Gasteiger partial charge in [-0.25, -0.2) is 9.78 Å². The summed E-state index contributed by atoms with van der Waals surface area (Å²) in [7, 11) is 0. The standard InChI is InChI=1S/C17H21N3O4/c1-4-19-14-13(15(23)20(5-6-21)16(19)24)10-7-17(2,3)8-12(22)11(10)9-18-14/h9,21H,4-8H2,1-3H3. The molecule has 0 aliphatic heterocycles. The minimum atomic E-state index is -0.488. The van der Waals surface area contributed by atoms with E-state index in [1.54, 1.807) is 6.92 Å². The Morgan fingerprint density at radius 3 is 2.54 bits per heavy atom. The second kappa shape index (κ2) is 5.66. The molecule has 1 aliphatic carbocycles. The average Bonchev–Trinajstić information content (AvgIpc) is 2.50. The van der Waals surface area contributed by atoms with E-state index in [-0.39, 0.29) is 24.3 Å². The second-order valence-electron chi connectivity index (χ2n) is 7.00. The lowest BCUT2D eigenvalue weighted by Gasteiger charge is -2.30. The molecule has 0 saturated carbocycles. The van der Waals surface area contributed by atoms with Gasteiger partial charge in [0.15, 0.2) is 5.78 Å². The largest absolute Gasteiger partial charge is 0.395 e. The number of hydrogen-bond donors (Lipinski definition) is 1. The van der Waals surface area contributed by atoms with Gasteiger partial charge >= 0.3 is 5.69 Å². The minimum Gasteiger partial charge on any atom is -0.395 e. The van der Waals surface area contributed by atoms with Gasteiger partial charge in [-0.15, -0.1) is 0 Å². The van der Waals surface area contributed by atoms with Crippen LogP contribution in [0.15, 0.2) is 15.8 Å². The van der Waals surface area contributed by atoms with Gasteiger partial charge < -0.3 is 5.11 Å². The molecule has 128 valence electrons. The zero-order chi connectivity index (χ0) is 17.6. The number of carbonyl (C=O) groups excluding carboxylic acids is 1. The number of ketones is 1. The number of nitrogens with zero attached hydrogens (tertiary/aromatic N) is 3. The molecule has 2 aromatic heterocycles. The van der Waals surface area contributed by atoms with Crippen LogP contribution in [-0.4, -0.2) is 31.6 Å². The number of pyridine rings is 1. The van der Waals surface area contributed by atoms with Crippen LogP contribution in [0.4, 0.5) is 0 Å². The molecule has 0 saturated heterocycles. The minimum absolute atomic E-state index is 0.0296. The van der Waals surface area contributed by atoms with Gasteiger partial charge in [0.1, 0.15) is 5.65 Å². The van der Waals surface area contributed by atoms with Crippen molar-refractivity contribution in [1.29, 1.82) is 0 Å². The number of fused-ring (bicyclic) bond motifs is 3. The zero-order valence-electron chi connectivity index (χ0n) is 14.1. The predicted molar refractivity (Wildman–Crippen MR) is 89.5 cm³/mol. The first kappa shape index (κ1) is 16.6. The summed E-state index contributed by atoms with van der Waals surface area (Å²) >= 11 is 0. The van der Waals surface area contributed by atoms with Crippen molar-refractivity contribution in [3.8, 4) is 0 Å². The maximum atomic E-state index is 12.9. The third-order valence-corrected chi connectivity index (χ3v) is 4.58. The molecule has 3 rings (SSSR count). The third-order valence-electron chi connectivity index (χ3n) is 4.58. The van der Waals surface area contributed by atoms with Gasteiger partial charge in [0, 0.05) is 24.7 Å². The van der Waals surface area contributed by atoms with Crippen LogP contribution >= 0.6 is 0 Å². The van der Waals surface area contributed by atoms with Crippen LogP contribution in [0.1, 0.15) is 43.1 Å². The summed E-state index contributed by atoms with van der Waals surface area (Å²) in [6.07, 6.45) is 2.46. The molecule has 0 bridgehead atoms. The fourth-order valence-electron chi connectivity index (χ4n) is 3.50.